The number of aliphatic hydroxyl groups excluding tert-OH is 7. The quantitative estimate of drug-likeness (QED) is 0.110. The fraction of sp³-hybridized carbons (Fsp3) is 0.905. The molecule has 18 atom stereocenters. The summed E-state index contributed by atoms with van der Waals surface area (Å²) in [7, 11) is 0. The predicted molar refractivity (Wildman–Crippen MR) is 198 cm³/mol. The molecule has 14 heteroatoms. The molecule has 318 valence electrons. The van der Waals surface area contributed by atoms with E-state index in [1.54, 1.807) is 0 Å². The molecule has 2 heterocycles. The second kappa shape index (κ2) is 14.2. The molecule has 0 unspecified atom stereocenters. The van der Waals surface area contributed by atoms with Crippen LogP contribution in [0.1, 0.15) is 113 Å². The zero-order chi connectivity index (χ0) is 41.1. The molecule has 2 aliphatic heterocycles. The van der Waals surface area contributed by atoms with Crippen molar-refractivity contribution < 1.29 is 69.4 Å². The van der Waals surface area contributed by atoms with E-state index in [4.69, 9.17) is 18.9 Å². The molecule has 6 fully saturated rings. The third-order valence-electron chi connectivity index (χ3n) is 17.2. The van der Waals surface area contributed by atoms with Crippen LogP contribution >= 0.6 is 0 Å². The minimum Gasteiger partial charge on any atom is -0.479 e. The molecule has 14 nitrogen and oxygen atoms in total. The zero-order valence-corrected chi connectivity index (χ0v) is 34.0. The van der Waals surface area contributed by atoms with E-state index < -0.39 is 96.9 Å². The van der Waals surface area contributed by atoms with E-state index in [2.05, 4.69) is 54.5 Å². The van der Waals surface area contributed by atoms with Crippen molar-refractivity contribution in [3.05, 3.63) is 11.6 Å². The number of allylic oxidation sites excluding steroid dienone is 2. The number of rotatable bonds is 6. The summed E-state index contributed by atoms with van der Waals surface area (Å²) in [5.74, 6) is -1.52. The Hall–Kier alpha value is -1.72. The molecule has 5 aliphatic carbocycles. The van der Waals surface area contributed by atoms with Gasteiger partial charge in [-0.25, -0.2) is 4.79 Å². The highest BCUT2D eigenvalue weighted by Gasteiger charge is 2.70. The SMILES string of the molecule is CC1(C)CC[C@]2(C(=O)O[C@@H]3O[C@H](CO)[C@@H](O)[C@H](O)[C@H]3O)CC[C@]3(C)C(=CC[C@H]4[C@@]5(C)CC[C@@H](O[C@@H]6O[C@H](C(=O)O)[C@@H](O)[C@H](O)[C@H]6O)C(C)(C)[C@H]5CC[C@]43C)[C@@H]2C1. The second-order valence-corrected chi connectivity index (χ2v) is 20.7. The maximum absolute atomic E-state index is 14.6. The van der Waals surface area contributed by atoms with Gasteiger partial charge in [0.05, 0.1) is 18.1 Å². The lowest BCUT2D eigenvalue weighted by Crippen LogP contribution is -2.66. The number of aliphatic carboxylic acids is 1. The van der Waals surface area contributed by atoms with Gasteiger partial charge < -0.3 is 59.8 Å². The van der Waals surface area contributed by atoms with Gasteiger partial charge in [0.15, 0.2) is 12.4 Å². The van der Waals surface area contributed by atoms with Crippen LogP contribution in [-0.4, -0.2) is 127 Å². The average molecular weight is 795 g/mol. The Morgan fingerprint density at radius 3 is 2.05 bits per heavy atom. The van der Waals surface area contributed by atoms with Gasteiger partial charge in [-0.3, -0.25) is 4.79 Å². The van der Waals surface area contributed by atoms with Crippen LogP contribution in [0.4, 0.5) is 0 Å². The molecule has 8 N–H and O–H groups in total. The van der Waals surface area contributed by atoms with Crippen LogP contribution in [0.5, 0.6) is 0 Å². The molecule has 0 aromatic rings. The normalized spacial score (nSPS) is 52.3. The van der Waals surface area contributed by atoms with E-state index in [1.165, 1.54) is 5.57 Å². The highest BCUT2D eigenvalue weighted by Crippen LogP contribution is 2.76. The van der Waals surface area contributed by atoms with E-state index >= 15 is 0 Å². The Balaban J connectivity index is 1.16. The molecule has 0 aromatic carbocycles. The van der Waals surface area contributed by atoms with E-state index in [9.17, 15) is 50.4 Å². The summed E-state index contributed by atoms with van der Waals surface area (Å²) in [6.45, 7) is 15.5. The highest BCUT2D eigenvalue weighted by molar-refractivity contribution is 5.79. The summed E-state index contributed by atoms with van der Waals surface area (Å²) in [6.07, 6.45) is -6.14. The van der Waals surface area contributed by atoms with Crippen molar-refractivity contribution in [3.63, 3.8) is 0 Å². The van der Waals surface area contributed by atoms with Gasteiger partial charge in [-0.1, -0.05) is 60.1 Å². The summed E-state index contributed by atoms with van der Waals surface area (Å²) >= 11 is 0. The van der Waals surface area contributed by atoms with Gasteiger partial charge in [-0.05, 0) is 109 Å². The number of ether oxygens (including phenoxy) is 4. The summed E-state index contributed by atoms with van der Waals surface area (Å²) in [5.41, 5.74) is -0.448. The number of hydrogen-bond acceptors (Lipinski definition) is 13. The highest BCUT2D eigenvalue weighted by atomic mass is 16.7. The Morgan fingerprint density at radius 1 is 0.750 bits per heavy atom. The first-order valence-electron chi connectivity index (χ1n) is 20.8. The number of esters is 1. The van der Waals surface area contributed by atoms with Gasteiger partial charge in [-0.2, -0.15) is 0 Å². The van der Waals surface area contributed by atoms with Gasteiger partial charge in [-0.15, -0.1) is 0 Å². The lowest BCUT2D eigenvalue weighted by Gasteiger charge is -2.71. The van der Waals surface area contributed by atoms with Crippen LogP contribution in [0.2, 0.25) is 0 Å². The molecule has 0 radical (unpaired) electrons. The van der Waals surface area contributed by atoms with E-state index in [1.807, 2.05) is 0 Å². The second-order valence-electron chi connectivity index (χ2n) is 20.7. The lowest BCUT2D eigenvalue weighted by atomic mass is 9.33. The number of carboxylic acids is 1. The molecule has 0 bridgehead atoms. The Bertz CT molecular complexity index is 1560. The minimum absolute atomic E-state index is 0.0330. The minimum atomic E-state index is -1.79. The number of carbonyl (C=O) groups is 2. The van der Waals surface area contributed by atoms with Gasteiger partial charge in [0.25, 0.3) is 0 Å². The molecule has 7 rings (SSSR count). The van der Waals surface area contributed by atoms with Crippen LogP contribution in [0.15, 0.2) is 11.6 Å². The number of carboxylic acid groups (broad SMARTS) is 1. The molecule has 56 heavy (non-hydrogen) atoms. The number of hydrogen-bond donors (Lipinski definition) is 8. The van der Waals surface area contributed by atoms with Crippen LogP contribution in [-0.2, 0) is 28.5 Å². The van der Waals surface area contributed by atoms with E-state index in [-0.39, 0.29) is 33.5 Å². The molecule has 0 amide bonds. The molecule has 0 aromatic heterocycles. The standard InChI is InChI=1S/C42H66O14/c1-37(2)14-16-42(36(52)56-34-30(48)27(45)26(44)22(19-43)53-34)17-15-40(6)20(21(42)18-37)8-9-24-39(5)12-11-25(38(3,4)23(39)10-13-41(24,40)7)54-35-31(49)28(46)29(47)32(55-35)33(50)51/h8,21-32,34-35,43-49H,9-19H2,1-7H3,(H,50,51)/t21-,22+,23+,24-,25+,26+,27-,28-,29-,30+,31+,32-,34-,35+,39-,40+,41+,42-/m0/s1. The van der Waals surface area contributed by atoms with Gasteiger partial charge >= 0.3 is 11.9 Å². The van der Waals surface area contributed by atoms with Crippen LogP contribution in [0.3, 0.4) is 0 Å². The smallest absolute Gasteiger partial charge is 0.335 e. The molecule has 4 saturated carbocycles. The first-order chi connectivity index (χ1) is 26.0. The number of aliphatic hydroxyl groups is 7. The lowest BCUT2D eigenvalue weighted by molar-refractivity contribution is -0.324. The van der Waals surface area contributed by atoms with Gasteiger partial charge in [0, 0.05) is 0 Å². The average Bonchev–Trinajstić information content (AvgIpc) is 3.12. The number of fused-ring (bicyclic) bond motifs is 7. The van der Waals surface area contributed by atoms with Crippen molar-refractivity contribution in [3.8, 4) is 0 Å². The van der Waals surface area contributed by atoms with Crippen molar-refractivity contribution >= 4 is 11.9 Å². The van der Waals surface area contributed by atoms with Crippen molar-refractivity contribution in [2.45, 2.75) is 180 Å². The predicted octanol–water partition coefficient (Wildman–Crippen LogP) is 2.41. The summed E-state index contributed by atoms with van der Waals surface area (Å²) < 4.78 is 23.5. The fourth-order valence-electron chi connectivity index (χ4n) is 13.5. The van der Waals surface area contributed by atoms with E-state index in [0.717, 1.165) is 44.9 Å². The van der Waals surface area contributed by atoms with Gasteiger partial charge in [0.1, 0.15) is 42.7 Å². The van der Waals surface area contributed by atoms with E-state index in [0.29, 0.717) is 25.2 Å². The Morgan fingerprint density at radius 2 is 1.39 bits per heavy atom. The fourth-order valence-corrected chi connectivity index (χ4v) is 13.5. The summed E-state index contributed by atoms with van der Waals surface area (Å²) in [5, 5.41) is 82.4. The molecular weight excluding hydrogens is 728 g/mol. The number of carbonyl (C=O) groups excluding carboxylic acids is 1. The monoisotopic (exact) mass is 794 g/mol. The maximum atomic E-state index is 14.6. The summed E-state index contributed by atoms with van der Waals surface area (Å²) in [4.78, 5) is 26.4. The third kappa shape index (κ3) is 6.17. The van der Waals surface area contributed by atoms with Crippen molar-refractivity contribution in [1.82, 2.24) is 0 Å². The van der Waals surface area contributed by atoms with Crippen LogP contribution < -0.4 is 0 Å². The van der Waals surface area contributed by atoms with Crippen molar-refractivity contribution in [1.29, 1.82) is 0 Å². The molecular formula is C42H66O14. The van der Waals surface area contributed by atoms with Crippen LogP contribution in [0.25, 0.3) is 0 Å². The van der Waals surface area contributed by atoms with Gasteiger partial charge in [0.2, 0.25) is 6.29 Å². The van der Waals surface area contributed by atoms with Crippen molar-refractivity contribution in [2.75, 3.05) is 6.61 Å². The largest absolute Gasteiger partial charge is 0.479 e. The Kier molecular flexibility index (Phi) is 10.8. The molecule has 2 saturated heterocycles. The molecule has 0 spiro atoms. The van der Waals surface area contributed by atoms with Crippen molar-refractivity contribution in [2.24, 2.45) is 50.2 Å². The maximum Gasteiger partial charge on any atom is 0.335 e. The van der Waals surface area contributed by atoms with Crippen LogP contribution in [0, 0.1) is 50.2 Å². The first-order valence-corrected chi connectivity index (χ1v) is 20.8. The zero-order valence-electron chi connectivity index (χ0n) is 34.0. The summed E-state index contributed by atoms with van der Waals surface area (Å²) in [6, 6.07) is 0. The topological polar surface area (TPSA) is 233 Å². The third-order valence-corrected chi connectivity index (χ3v) is 17.2. The Labute approximate surface area is 329 Å². The first kappa shape index (κ1) is 42.4. The molecule has 7 aliphatic rings.